The smallest absolute Gasteiger partial charge is 0.258 e. The lowest BCUT2D eigenvalue weighted by Crippen LogP contribution is -2.51. The van der Waals surface area contributed by atoms with Crippen LogP contribution < -0.4 is 24.8 Å². The van der Waals surface area contributed by atoms with Gasteiger partial charge in [-0.05, 0) is 55.5 Å². The molecule has 2 aromatic carbocycles. The van der Waals surface area contributed by atoms with Gasteiger partial charge in [-0.2, -0.15) is 0 Å². The third-order valence-corrected chi connectivity index (χ3v) is 6.58. The lowest BCUT2D eigenvalue weighted by atomic mass is 9.76. The van der Waals surface area contributed by atoms with Crippen molar-refractivity contribution >= 4 is 23.4 Å². The molecular weight excluding hydrogens is 439 g/mol. The highest BCUT2D eigenvalue weighted by Gasteiger charge is 2.57. The van der Waals surface area contributed by atoms with Gasteiger partial charge in [0.2, 0.25) is 0 Å². The van der Waals surface area contributed by atoms with E-state index >= 15 is 0 Å². The summed E-state index contributed by atoms with van der Waals surface area (Å²) < 4.78 is 29.9. The number of halogens is 2. The van der Waals surface area contributed by atoms with E-state index in [2.05, 4.69) is 10.6 Å². The first kappa shape index (κ1) is 20.9. The maximum absolute atomic E-state index is 13.5. The molecule has 0 radical (unpaired) electrons. The summed E-state index contributed by atoms with van der Waals surface area (Å²) in [6.45, 7) is 0.736. The van der Waals surface area contributed by atoms with Gasteiger partial charge in [-0.15, -0.1) is 0 Å². The van der Waals surface area contributed by atoms with E-state index in [1.807, 2.05) is 0 Å². The van der Waals surface area contributed by atoms with Crippen molar-refractivity contribution in [3.8, 4) is 17.2 Å². The number of amides is 2. The maximum Gasteiger partial charge on any atom is 0.258 e. The van der Waals surface area contributed by atoms with Crippen LogP contribution in [0.25, 0.3) is 0 Å². The van der Waals surface area contributed by atoms with Crippen molar-refractivity contribution in [2.24, 2.45) is 5.92 Å². The van der Waals surface area contributed by atoms with Gasteiger partial charge in [-0.25, -0.2) is 4.39 Å². The molecule has 1 heterocycles. The summed E-state index contributed by atoms with van der Waals surface area (Å²) in [5.41, 5.74) is 0.204. The molecule has 1 atom stereocenters. The van der Waals surface area contributed by atoms with Gasteiger partial charge in [0.1, 0.15) is 24.8 Å². The minimum atomic E-state index is -0.600. The van der Waals surface area contributed by atoms with Crippen molar-refractivity contribution in [1.82, 2.24) is 10.6 Å². The summed E-state index contributed by atoms with van der Waals surface area (Å²) in [7, 11) is 0. The molecule has 1 aliphatic heterocycles. The SMILES string of the molecule is O=C(COc1ccc(Cl)c(F)c1)NC1CC2(NC(=O)c3ccc4c(c3)OCCO4)CC1C2. The first-order chi connectivity index (χ1) is 15.4. The Bertz CT molecular complexity index is 1070. The maximum atomic E-state index is 13.5. The summed E-state index contributed by atoms with van der Waals surface area (Å²) >= 11 is 5.65. The van der Waals surface area contributed by atoms with Crippen LogP contribution in [-0.4, -0.2) is 43.2 Å². The Hall–Kier alpha value is -3.00. The number of fused-ring (bicyclic) bond motifs is 2. The molecule has 4 aliphatic rings. The molecule has 9 heteroatoms. The van der Waals surface area contributed by atoms with Crippen molar-refractivity contribution in [3.63, 3.8) is 0 Å². The fourth-order valence-electron chi connectivity index (χ4n) is 4.77. The van der Waals surface area contributed by atoms with E-state index in [0.717, 1.165) is 18.9 Å². The van der Waals surface area contributed by atoms with Crippen LogP contribution in [0.3, 0.4) is 0 Å². The monoisotopic (exact) mass is 460 g/mol. The summed E-state index contributed by atoms with van der Waals surface area (Å²) in [5.74, 6) is 0.712. The van der Waals surface area contributed by atoms with Crippen LogP contribution in [0.1, 0.15) is 29.6 Å². The summed E-state index contributed by atoms with van der Waals surface area (Å²) in [6, 6.07) is 9.16. The Kier molecular flexibility index (Phi) is 5.33. The second-order valence-electron chi connectivity index (χ2n) is 8.50. The Labute approximate surface area is 189 Å². The van der Waals surface area contributed by atoms with Crippen LogP contribution in [-0.2, 0) is 4.79 Å². The summed E-state index contributed by atoms with van der Waals surface area (Å²) in [4.78, 5) is 25.1. The first-order valence-corrected chi connectivity index (χ1v) is 10.9. The summed E-state index contributed by atoms with van der Waals surface area (Å²) in [5, 5.41) is 6.11. The fourth-order valence-corrected chi connectivity index (χ4v) is 4.88. The molecule has 0 spiro atoms. The molecular formula is C23H22ClFN2O5. The third kappa shape index (κ3) is 4.07. The van der Waals surface area contributed by atoms with Gasteiger partial charge in [0.15, 0.2) is 18.1 Å². The zero-order chi connectivity index (χ0) is 22.3. The van der Waals surface area contributed by atoms with E-state index in [-0.39, 0.29) is 40.8 Å². The van der Waals surface area contributed by atoms with Crippen LogP contribution in [0.4, 0.5) is 4.39 Å². The topological polar surface area (TPSA) is 85.9 Å². The van der Waals surface area contributed by atoms with Gasteiger partial charge in [0.05, 0.1) is 5.02 Å². The first-order valence-electron chi connectivity index (χ1n) is 10.5. The largest absolute Gasteiger partial charge is 0.486 e. The number of hydrogen-bond acceptors (Lipinski definition) is 5. The van der Waals surface area contributed by atoms with E-state index in [0.29, 0.717) is 42.6 Å². The van der Waals surface area contributed by atoms with Crippen molar-refractivity contribution in [2.45, 2.75) is 30.8 Å². The quantitative estimate of drug-likeness (QED) is 0.692. The van der Waals surface area contributed by atoms with Crippen LogP contribution >= 0.6 is 11.6 Å². The predicted molar refractivity (Wildman–Crippen MR) is 114 cm³/mol. The van der Waals surface area contributed by atoms with Crippen molar-refractivity contribution in [3.05, 3.63) is 52.8 Å². The molecule has 3 aliphatic carbocycles. The Morgan fingerprint density at radius 3 is 2.66 bits per heavy atom. The Morgan fingerprint density at radius 2 is 1.88 bits per heavy atom. The van der Waals surface area contributed by atoms with Crippen molar-refractivity contribution < 1.29 is 28.2 Å². The minimum absolute atomic E-state index is 0.00359. The Balaban J connectivity index is 1.13. The molecule has 32 heavy (non-hydrogen) atoms. The molecule has 168 valence electrons. The second-order valence-corrected chi connectivity index (χ2v) is 8.91. The molecule has 6 rings (SSSR count). The average molecular weight is 461 g/mol. The third-order valence-electron chi connectivity index (χ3n) is 6.28. The molecule has 2 bridgehead atoms. The number of hydrogen-bond donors (Lipinski definition) is 2. The number of carbonyl (C=O) groups is 2. The second kappa shape index (κ2) is 8.16. The number of ether oxygens (including phenoxy) is 3. The zero-order valence-electron chi connectivity index (χ0n) is 17.2. The van der Waals surface area contributed by atoms with Crippen LogP contribution in [0.2, 0.25) is 5.02 Å². The van der Waals surface area contributed by atoms with Gasteiger partial charge in [-0.1, -0.05) is 11.6 Å². The highest BCUT2D eigenvalue weighted by Crippen LogP contribution is 2.52. The lowest BCUT2D eigenvalue weighted by Gasteiger charge is -2.39. The molecule has 1 unspecified atom stereocenters. The molecule has 7 nitrogen and oxygen atoms in total. The molecule has 3 fully saturated rings. The average Bonchev–Trinajstić information content (AvgIpc) is 3.27. The molecule has 2 amide bonds. The molecule has 0 saturated heterocycles. The van der Waals surface area contributed by atoms with Gasteiger partial charge in [0, 0.05) is 23.2 Å². The highest BCUT2D eigenvalue weighted by molar-refractivity contribution is 6.30. The van der Waals surface area contributed by atoms with Crippen LogP contribution in [0, 0.1) is 11.7 Å². The van der Waals surface area contributed by atoms with E-state index in [4.69, 9.17) is 25.8 Å². The predicted octanol–water partition coefficient (Wildman–Crippen LogP) is 3.10. The molecule has 2 N–H and O–H groups in total. The van der Waals surface area contributed by atoms with E-state index in [1.165, 1.54) is 12.1 Å². The van der Waals surface area contributed by atoms with E-state index in [9.17, 15) is 14.0 Å². The molecule has 0 aromatic heterocycles. The normalized spacial score (nSPS) is 24.9. The van der Waals surface area contributed by atoms with Gasteiger partial charge in [-0.3, -0.25) is 9.59 Å². The highest BCUT2D eigenvalue weighted by atomic mass is 35.5. The molecule has 2 aromatic rings. The van der Waals surface area contributed by atoms with Gasteiger partial charge >= 0.3 is 0 Å². The van der Waals surface area contributed by atoms with Crippen LogP contribution in [0.5, 0.6) is 17.2 Å². The molecule has 3 saturated carbocycles. The number of nitrogens with one attached hydrogen (secondary N) is 2. The van der Waals surface area contributed by atoms with Gasteiger partial charge < -0.3 is 24.8 Å². The van der Waals surface area contributed by atoms with Crippen molar-refractivity contribution in [1.29, 1.82) is 0 Å². The van der Waals surface area contributed by atoms with Gasteiger partial charge in [0.25, 0.3) is 11.8 Å². The van der Waals surface area contributed by atoms with E-state index < -0.39 is 5.82 Å². The number of rotatable bonds is 6. The minimum Gasteiger partial charge on any atom is -0.486 e. The number of benzene rings is 2. The van der Waals surface area contributed by atoms with Crippen molar-refractivity contribution in [2.75, 3.05) is 19.8 Å². The standard InChI is InChI=1S/C23H22ClFN2O5/c24-16-3-2-15(8-17(16)25)32-12-21(28)26-18-11-23(9-14(18)10-23)27-22(29)13-1-4-19-20(7-13)31-6-5-30-19/h1-4,7-8,14,18H,5-6,9-12H2,(H,26,28)(H,27,29). The zero-order valence-corrected chi connectivity index (χ0v) is 17.9. The van der Waals surface area contributed by atoms with Crippen LogP contribution in [0.15, 0.2) is 36.4 Å². The fraction of sp³-hybridized carbons (Fsp3) is 0.391. The number of carbonyl (C=O) groups excluding carboxylic acids is 2. The lowest BCUT2D eigenvalue weighted by molar-refractivity contribution is -0.124. The Morgan fingerprint density at radius 1 is 1.09 bits per heavy atom. The van der Waals surface area contributed by atoms with E-state index in [1.54, 1.807) is 18.2 Å². The summed E-state index contributed by atoms with van der Waals surface area (Å²) in [6.07, 6.45) is 2.30.